The summed E-state index contributed by atoms with van der Waals surface area (Å²) >= 11 is 0. The molecule has 0 aliphatic carbocycles. The van der Waals surface area contributed by atoms with Crippen LogP contribution in [0.1, 0.15) is 17.4 Å². The number of rotatable bonds is 7. The number of aromatic amines is 1. The maximum absolute atomic E-state index is 11.8. The highest BCUT2D eigenvalue weighted by atomic mass is 16.3. The second kappa shape index (κ2) is 8.30. The number of hydrogen-bond donors (Lipinski definition) is 5. The zero-order valence-corrected chi connectivity index (χ0v) is 12.2. The summed E-state index contributed by atoms with van der Waals surface area (Å²) in [6.45, 7) is 6.05. The lowest BCUT2D eigenvalue weighted by Crippen LogP contribution is -2.32. The number of aromatic nitrogens is 1. The number of hydrogen-bond acceptors (Lipinski definition) is 6. The van der Waals surface area contributed by atoms with Crippen molar-refractivity contribution in [3.63, 3.8) is 0 Å². The molecule has 8 heteroatoms. The molecule has 8 nitrogen and oxygen atoms in total. The first kappa shape index (κ1) is 17.0. The van der Waals surface area contributed by atoms with Crippen LogP contribution in [0.25, 0.3) is 0 Å². The van der Waals surface area contributed by atoms with Gasteiger partial charge in [-0.1, -0.05) is 6.58 Å². The molecule has 1 rings (SSSR count). The van der Waals surface area contributed by atoms with Crippen molar-refractivity contribution < 1.29 is 9.90 Å². The molecule has 0 unspecified atom stereocenters. The molecule has 1 amide bonds. The summed E-state index contributed by atoms with van der Waals surface area (Å²) in [6.07, 6.45) is 4.16. The van der Waals surface area contributed by atoms with Gasteiger partial charge in [0.25, 0.3) is 5.91 Å². The van der Waals surface area contributed by atoms with Gasteiger partial charge in [0.1, 0.15) is 11.5 Å². The number of amides is 1. The van der Waals surface area contributed by atoms with Crippen LogP contribution in [0.4, 0.5) is 0 Å². The second-order valence-electron chi connectivity index (χ2n) is 4.17. The Morgan fingerprint density at radius 1 is 1.50 bits per heavy atom. The van der Waals surface area contributed by atoms with Gasteiger partial charge in [-0.3, -0.25) is 9.59 Å². The van der Waals surface area contributed by atoms with Crippen LogP contribution < -0.4 is 21.8 Å². The number of nitrogens with two attached hydrogens (primary N) is 1. The SMILES string of the molecule is C=C/C(NCCNC(=O)c1cc(=O)c(O)c[nH]1)=C(N)\N=C/C. The maximum Gasteiger partial charge on any atom is 0.267 e. The quantitative estimate of drug-likeness (QED) is 0.270. The number of nitrogens with one attached hydrogen (secondary N) is 3. The molecule has 0 aliphatic heterocycles. The number of carbonyl (C=O) groups excluding carboxylic acids is 1. The van der Waals surface area contributed by atoms with Crippen LogP contribution >= 0.6 is 0 Å². The number of aromatic hydroxyl groups is 1. The van der Waals surface area contributed by atoms with Crippen molar-refractivity contribution in [1.82, 2.24) is 15.6 Å². The third-order valence-electron chi connectivity index (χ3n) is 2.61. The fourth-order valence-corrected chi connectivity index (χ4v) is 1.54. The summed E-state index contributed by atoms with van der Waals surface area (Å²) in [5.74, 6) is -0.597. The molecule has 0 atom stereocenters. The molecule has 0 saturated carbocycles. The predicted molar refractivity (Wildman–Crippen MR) is 84.6 cm³/mol. The van der Waals surface area contributed by atoms with E-state index in [4.69, 9.17) is 10.8 Å². The van der Waals surface area contributed by atoms with Gasteiger partial charge in [0.2, 0.25) is 5.43 Å². The smallest absolute Gasteiger partial charge is 0.267 e. The highest BCUT2D eigenvalue weighted by Gasteiger charge is 2.07. The molecule has 0 fully saturated rings. The van der Waals surface area contributed by atoms with E-state index in [2.05, 4.69) is 27.2 Å². The molecule has 0 aliphatic rings. The van der Waals surface area contributed by atoms with E-state index >= 15 is 0 Å². The van der Waals surface area contributed by atoms with Crippen molar-refractivity contribution in [3.05, 3.63) is 52.4 Å². The average molecular weight is 305 g/mol. The Kier molecular flexibility index (Phi) is 6.42. The van der Waals surface area contributed by atoms with E-state index in [0.717, 1.165) is 12.3 Å². The standard InChI is InChI=1S/C14H19N5O3/c1-3-9(13(15)16-4-2)17-5-6-18-14(22)10-7-11(20)12(21)8-19-10/h3-4,7-8,17,21H,1,5-6,15H2,2H3,(H,18,22)(H,19,20)/b13-9+,16-4-. The number of nitrogens with zero attached hydrogens (tertiary/aromatic N) is 1. The highest BCUT2D eigenvalue weighted by molar-refractivity contribution is 5.92. The van der Waals surface area contributed by atoms with Crippen LogP contribution in [-0.4, -0.2) is 35.3 Å². The minimum atomic E-state index is -0.621. The Hall–Kier alpha value is -3.03. The summed E-state index contributed by atoms with van der Waals surface area (Å²) in [5, 5.41) is 14.7. The molecule has 0 bridgehead atoms. The Bertz CT molecular complexity index is 661. The van der Waals surface area contributed by atoms with Crippen LogP contribution in [-0.2, 0) is 0 Å². The van der Waals surface area contributed by atoms with Crippen molar-refractivity contribution in [3.8, 4) is 5.75 Å². The number of aliphatic imine (C=N–C) groups is 1. The van der Waals surface area contributed by atoms with Gasteiger partial charge in [-0.05, 0) is 13.0 Å². The van der Waals surface area contributed by atoms with Crippen molar-refractivity contribution in [2.45, 2.75) is 6.92 Å². The lowest BCUT2D eigenvalue weighted by atomic mass is 10.3. The van der Waals surface area contributed by atoms with Gasteiger partial charge in [-0.15, -0.1) is 0 Å². The van der Waals surface area contributed by atoms with Gasteiger partial charge in [0.15, 0.2) is 5.75 Å². The molecule has 22 heavy (non-hydrogen) atoms. The molecule has 0 saturated heterocycles. The van der Waals surface area contributed by atoms with Gasteiger partial charge >= 0.3 is 0 Å². The summed E-state index contributed by atoms with van der Waals surface area (Å²) in [4.78, 5) is 29.5. The first-order chi connectivity index (χ1) is 10.5. The van der Waals surface area contributed by atoms with Gasteiger partial charge in [0, 0.05) is 31.6 Å². The first-order valence-electron chi connectivity index (χ1n) is 6.54. The lowest BCUT2D eigenvalue weighted by molar-refractivity contribution is 0.0949. The Balaban J connectivity index is 2.52. The molecule has 1 heterocycles. The van der Waals surface area contributed by atoms with Crippen molar-refractivity contribution >= 4 is 12.1 Å². The van der Waals surface area contributed by atoms with Crippen molar-refractivity contribution in [2.24, 2.45) is 10.7 Å². The van der Waals surface area contributed by atoms with E-state index in [1.165, 1.54) is 6.08 Å². The summed E-state index contributed by atoms with van der Waals surface area (Å²) < 4.78 is 0. The molecule has 0 radical (unpaired) electrons. The fraction of sp³-hybridized carbons (Fsp3) is 0.214. The van der Waals surface area contributed by atoms with Gasteiger partial charge < -0.3 is 26.5 Å². The topological polar surface area (TPSA) is 133 Å². The van der Waals surface area contributed by atoms with E-state index < -0.39 is 17.1 Å². The molecule has 118 valence electrons. The number of allylic oxidation sites excluding steroid dienone is 1. The highest BCUT2D eigenvalue weighted by Crippen LogP contribution is 1.99. The molecule has 1 aromatic heterocycles. The molecule has 0 aromatic carbocycles. The molecular formula is C14H19N5O3. The Morgan fingerprint density at radius 3 is 2.77 bits per heavy atom. The van der Waals surface area contributed by atoms with Crippen LogP contribution in [0.15, 0.2) is 46.2 Å². The van der Waals surface area contributed by atoms with Crippen LogP contribution in [0.2, 0.25) is 0 Å². The maximum atomic E-state index is 11.8. The minimum Gasteiger partial charge on any atom is -0.503 e. The van der Waals surface area contributed by atoms with E-state index in [0.29, 0.717) is 24.6 Å². The predicted octanol–water partition coefficient (Wildman–Crippen LogP) is -0.196. The average Bonchev–Trinajstić information content (AvgIpc) is 2.50. The third kappa shape index (κ3) is 4.82. The summed E-state index contributed by atoms with van der Waals surface area (Å²) in [6, 6.07) is 1.03. The summed E-state index contributed by atoms with van der Waals surface area (Å²) in [7, 11) is 0. The number of H-pyrrole nitrogens is 1. The zero-order valence-electron chi connectivity index (χ0n) is 12.2. The number of pyridine rings is 1. The van der Waals surface area contributed by atoms with Crippen molar-refractivity contribution in [2.75, 3.05) is 13.1 Å². The van der Waals surface area contributed by atoms with Crippen molar-refractivity contribution in [1.29, 1.82) is 0 Å². The molecular weight excluding hydrogens is 286 g/mol. The third-order valence-corrected chi connectivity index (χ3v) is 2.61. The number of carbonyl (C=O) groups is 1. The monoisotopic (exact) mass is 305 g/mol. The van der Waals surface area contributed by atoms with Gasteiger partial charge in [-0.2, -0.15) is 0 Å². The van der Waals surface area contributed by atoms with E-state index in [-0.39, 0.29) is 5.69 Å². The van der Waals surface area contributed by atoms with Gasteiger partial charge in [0.05, 0.1) is 5.70 Å². The second-order valence-corrected chi connectivity index (χ2v) is 4.17. The Morgan fingerprint density at radius 2 is 2.18 bits per heavy atom. The lowest BCUT2D eigenvalue weighted by Gasteiger charge is -2.09. The minimum absolute atomic E-state index is 0.0670. The van der Waals surface area contributed by atoms with Crippen LogP contribution in [0.3, 0.4) is 0 Å². The largest absolute Gasteiger partial charge is 0.503 e. The Labute approximate surface area is 127 Å². The van der Waals surface area contributed by atoms with E-state index in [1.807, 2.05) is 0 Å². The zero-order chi connectivity index (χ0) is 16.5. The van der Waals surface area contributed by atoms with E-state index in [1.54, 1.807) is 13.1 Å². The fourth-order valence-electron chi connectivity index (χ4n) is 1.54. The first-order valence-corrected chi connectivity index (χ1v) is 6.54. The van der Waals surface area contributed by atoms with Gasteiger partial charge in [-0.25, -0.2) is 4.99 Å². The molecule has 6 N–H and O–H groups in total. The normalized spacial score (nSPS) is 11.9. The van der Waals surface area contributed by atoms with Crippen LogP contribution in [0.5, 0.6) is 5.75 Å². The molecule has 1 aromatic rings. The van der Waals surface area contributed by atoms with Crippen LogP contribution in [0, 0.1) is 0 Å². The molecule has 0 spiro atoms. The summed E-state index contributed by atoms with van der Waals surface area (Å²) in [5.41, 5.74) is 5.71. The van der Waals surface area contributed by atoms with E-state index in [9.17, 15) is 9.59 Å².